The number of alkyl halides is 3. The summed E-state index contributed by atoms with van der Waals surface area (Å²) < 4.78 is 38.4. The van der Waals surface area contributed by atoms with Gasteiger partial charge in [-0.15, -0.1) is 0 Å². The highest BCUT2D eigenvalue weighted by atomic mass is 19.4. The SMILES string of the molecule is CCc1ccc(C=NNc2ccccc2C(F)(F)F)cc1. The van der Waals surface area contributed by atoms with Gasteiger partial charge in [0.25, 0.3) is 0 Å². The number of nitrogens with one attached hydrogen (secondary N) is 1. The van der Waals surface area contributed by atoms with Gasteiger partial charge < -0.3 is 0 Å². The highest BCUT2D eigenvalue weighted by Crippen LogP contribution is 2.34. The van der Waals surface area contributed by atoms with Gasteiger partial charge in [0.05, 0.1) is 17.5 Å². The smallest absolute Gasteiger partial charge is 0.278 e. The molecular formula is C16H15F3N2. The lowest BCUT2D eigenvalue weighted by Crippen LogP contribution is -2.08. The standard InChI is InChI=1S/C16H15F3N2/c1-2-12-7-9-13(10-8-12)11-20-21-15-6-4-3-5-14(15)16(17,18)19/h3-11,21H,2H2,1H3. The van der Waals surface area contributed by atoms with Crippen molar-refractivity contribution in [3.05, 3.63) is 65.2 Å². The molecule has 21 heavy (non-hydrogen) atoms. The second kappa shape index (κ2) is 6.43. The fourth-order valence-electron chi connectivity index (χ4n) is 1.84. The van der Waals surface area contributed by atoms with Gasteiger partial charge in [0.15, 0.2) is 0 Å². The molecule has 2 aromatic carbocycles. The first kappa shape index (κ1) is 15.1. The van der Waals surface area contributed by atoms with Crippen molar-refractivity contribution in [1.29, 1.82) is 0 Å². The number of para-hydroxylation sites is 1. The number of anilines is 1. The third-order valence-corrected chi connectivity index (χ3v) is 3.02. The van der Waals surface area contributed by atoms with Crippen molar-refractivity contribution in [2.75, 3.05) is 5.43 Å². The summed E-state index contributed by atoms with van der Waals surface area (Å²) in [4.78, 5) is 0. The molecule has 5 heteroatoms. The molecule has 2 nitrogen and oxygen atoms in total. The van der Waals surface area contributed by atoms with E-state index in [-0.39, 0.29) is 5.69 Å². The Hall–Kier alpha value is -2.30. The third kappa shape index (κ3) is 4.08. The van der Waals surface area contributed by atoms with E-state index in [1.807, 2.05) is 24.3 Å². The quantitative estimate of drug-likeness (QED) is 0.640. The minimum atomic E-state index is -4.40. The fourth-order valence-corrected chi connectivity index (χ4v) is 1.84. The summed E-state index contributed by atoms with van der Waals surface area (Å²) in [6.45, 7) is 2.05. The molecule has 0 heterocycles. The van der Waals surface area contributed by atoms with Crippen LogP contribution in [0.25, 0.3) is 0 Å². The second-order valence-electron chi connectivity index (χ2n) is 4.51. The monoisotopic (exact) mass is 292 g/mol. The minimum Gasteiger partial charge on any atom is -0.278 e. The molecule has 110 valence electrons. The molecule has 0 radical (unpaired) electrons. The lowest BCUT2D eigenvalue weighted by molar-refractivity contribution is -0.136. The average Bonchev–Trinajstić information content (AvgIpc) is 2.47. The molecule has 0 bridgehead atoms. The zero-order chi connectivity index (χ0) is 15.3. The molecule has 0 saturated heterocycles. The van der Waals surface area contributed by atoms with Crippen LogP contribution in [0.2, 0.25) is 0 Å². The highest BCUT2D eigenvalue weighted by molar-refractivity contribution is 5.80. The third-order valence-electron chi connectivity index (χ3n) is 3.02. The highest BCUT2D eigenvalue weighted by Gasteiger charge is 2.33. The van der Waals surface area contributed by atoms with Gasteiger partial charge in [-0.05, 0) is 29.7 Å². The van der Waals surface area contributed by atoms with Crippen LogP contribution in [0.15, 0.2) is 53.6 Å². The number of benzene rings is 2. The maximum Gasteiger partial charge on any atom is 0.418 e. The van der Waals surface area contributed by atoms with Gasteiger partial charge in [0.2, 0.25) is 0 Å². The van der Waals surface area contributed by atoms with E-state index in [2.05, 4.69) is 17.5 Å². The molecule has 2 rings (SSSR count). The lowest BCUT2D eigenvalue weighted by atomic mass is 10.1. The summed E-state index contributed by atoms with van der Waals surface area (Å²) in [5.41, 5.74) is 3.67. The van der Waals surface area contributed by atoms with Gasteiger partial charge in [-0.2, -0.15) is 18.3 Å². The molecule has 0 atom stereocenters. The summed E-state index contributed by atoms with van der Waals surface area (Å²) in [5.74, 6) is 0. The van der Waals surface area contributed by atoms with E-state index in [1.165, 1.54) is 30.0 Å². The minimum absolute atomic E-state index is 0.0635. The molecule has 0 saturated carbocycles. The lowest BCUT2D eigenvalue weighted by Gasteiger charge is -2.11. The molecule has 0 unspecified atom stereocenters. The topological polar surface area (TPSA) is 24.4 Å². The summed E-state index contributed by atoms with van der Waals surface area (Å²) in [6, 6.07) is 12.9. The number of nitrogens with zero attached hydrogens (tertiary/aromatic N) is 1. The van der Waals surface area contributed by atoms with Crippen molar-refractivity contribution < 1.29 is 13.2 Å². The summed E-state index contributed by atoms with van der Waals surface area (Å²) in [7, 11) is 0. The number of rotatable bonds is 4. The Balaban J connectivity index is 2.10. The Kier molecular flexibility index (Phi) is 4.62. The molecule has 0 fully saturated rings. The van der Waals surface area contributed by atoms with Gasteiger partial charge >= 0.3 is 6.18 Å². The molecule has 0 aromatic heterocycles. The zero-order valence-electron chi connectivity index (χ0n) is 11.5. The average molecular weight is 292 g/mol. The Bertz CT molecular complexity index is 616. The van der Waals surface area contributed by atoms with Crippen LogP contribution in [0.1, 0.15) is 23.6 Å². The normalized spacial score (nSPS) is 11.8. The van der Waals surface area contributed by atoms with Gasteiger partial charge in [0, 0.05) is 0 Å². The van der Waals surface area contributed by atoms with E-state index >= 15 is 0 Å². The summed E-state index contributed by atoms with van der Waals surface area (Å²) in [5, 5.41) is 3.87. The van der Waals surface area contributed by atoms with Crippen molar-refractivity contribution in [1.82, 2.24) is 0 Å². The van der Waals surface area contributed by atoms with Crippen molar-refractivity contribution >= 4 is 11.9 Å². The first-order valence-corrected chi connectivity index (χ1v) is 6.55. The van der Waals surface area contributed by atoms with Crippen LogP contribution in [0, 0.1) is 0 Å². The van der Waals surface area contributed by atoms with Crippen LogP contribution in [0.3, 0.4) is 0 Å². The van der Waals surface area contributed by atoms with Crippen LogP contribution in [-0.2, 0) is 12.6 Å². The van der Waals surface area contributed by atoms with Crippen molar-refractivity contribution in [3.63, 3.8) is 0 Å². The van der Waals surface area contributed by atoms with Crippen molar-refractivity contribution in [3.8, 4) is 0 Å². The van der Waals surface area contributed by atoms with Crippen molar-refractivity contribution in [2.45, 2.75) is 19.5 Å². The first-order chi connectivity index (χ1) is 10.0. The van der Waals surface area contributed by atoms with Crippen LogP contribution < -0.4 is 5.43 Å². The molecule has 0 aliphatic carbocycles. The molecule has 0 aliphatic heterocycles. The van der Waals surface area contributed by atoms with Crippen LogP contribution in [0.5, 0.6) is 0 Å². The van der Waals surface area contributed by atoms with E-state index in [0.717, 1.165) is 18.1 Å². The van der Waals surface area contributed by atoms with E-state index < -0.39 is 11.7 Å². The van der Waals surface area contributed by atoms with Gasteiger partial charge in [-0.1, -0.05) is 43.3 Å². The molecule has 0 aliphatic rings. The summed E-state index contributed by atoms with van der Waals surface area (Å²) >= 11 is 0. The predicted molar refractivity (Wildman–Crippen MR) is 78.5 cm³/mol. The zero-order valence-corrected chi connectivity index (χ0v) is 11.5. The molecule has 0 spiro atoms. The maximum absolute atomic E-state index is 12.8. The molecular weight excluding hydrogens is 277 g/mol. The Morgan fingerprint density at radius 3 is 2.33 bits per heavy atom. The van der Waals surface area contributed by atoms with Gasteiger partial charge in [-0.25, -0.2) is 0 Å². The Morgan fingerprint density at radius 1 is 1.05 bits per heavy atom. The van der Waals surface area contributed by atoms with Gasteiger partial charge in [0.1, 0.15) is 0 Å². The number of hydrazone groups is 1. The number of halogens is 3. The van der Waals surface area contributed by atoms with E-state index in [1.54, 1.807) is 0 Å². The van der Waals surface area contributed by atoms with Crippen LogP contribution in [0.4, 0.5) is 18.9 Å². The predicted octanol–water partition coefficient (Wildman–Crippen LogP) is 4.71. The number of hydrogen-bond donors (Lipinski definition) is 1. The van der Waals surface area contributed by atoms with Crippen LogP contribution >= 0.6 is 0 Å². The van der Waals surface area contributed by atoms with E-state index in [9.17, 15) is 13.2 Å². The number of hydrogen-bond acceptors (Lipinski definition) is 2. The Morgan fingerprint density at radius 2 is 1.71 bits per heavy atom. The maximum atomic E-state index is 12.8. The molecule has 0 amide bonds. The largest absolute Gasteiger partial charge is 0.418 e. The second-order valence-corrected chi connectivity index (χ2v) is 4.51. The fraction of sp³-hybridized carbons (Fsp3) is 0.188. The molecule has 1 N–H and O–H groups in total. The molecule has 2 aromatic rings. The van der Waals surface area contributed by atoms with E-state index in [0.29, 0.717) is 0 Å². The van der Waals surface area contributed by atoms with Gasteiger partial charge in [-0.3, -0.25) is 5.43 Å². The number of aryl methyl sites for hydroxylation is 1. The summed E-state index contributed by atoms with van der Waals surface area (Å²) in [6.07, 6.45) is -1.97. The Labute approximate surface area is 121 Å². The van der Waals surface area contributed by atoms with Crippen molar-refractivity contribution in [2.24, 2.45) is 5.10 Å². The van der Waals surface area contributed by atoms with Crippen LogP contribution in [-0.4, -0.2) is 6.21 Å². The van der Waals surface area contributed by atoms with E-state index in [4.69, 9.17) is 0 Å². The first-order valence-electron chi connectivity index (χ1n) is 6.55.